The zero-order chi connectivity index (χ0) is 12.7. The van der Waals surface area contributed by atoms with Gasteiger partial charge in [-0.05, 0) is 44.0 Å². The van der Waals surface area contributed by atoms with E-state index in [9.17, 15) is 4.39 Å². The predicted molar refractivity (Wildman–Crippen MR) is 74.6 cm³/mol. The van der Waals surface area contributed by atoms with Crippen molar-refractivity contribution < 1.29 is 4.39 Å². The van der Waals surface area contributed by atoms with Crippen molar-refractivity contribution in [3.63, 3.8) is 0 Å². The molecule has 0 aliphatic rings. The lowest BCUT2D eigenvalue weighted by molar-refractivity contribution is 0.474. The summed E-state index contributed by atoms with van der Waals surface area (Å²) in [7, 11) is 0. The summed E-state index contributed by atoms with van der Waals surface area (Å²) in [5, 5.41) is 3.33. The van der Waals surface area contributed by atoms with Gasteiger partial charge in [0.15, 0.2) is 0 Å². The monoisotopic (exact) mass is 299 g/mol. The van der Waals surface area contributed by atoms with Gasteiger partial charge in [0.25, 0.3) is 0 Å². The molecule has 1 aromatic carbocycles. The molecule has 1 unspecified atom stereocenters. The van der Waals surface area contributed by atoms with Crippen molar-refractivity contribution in [3.8, 4) is 0 Å². The molecule has 0 heterocycles. The molecule has 17 heavy (non-hydrogen) atoms. The Labute approximate surface area is 111 Å². The highest BCUT2D eigenvalue weighted by Gasteiger charge is 2.14. The number of unbranched alkanes of at least 4 members (excludes halogenated alkanes) is 1. The molecule has 0 spiro atoms. The molecule has 0 radical (unpaired) electrons. The second-order valence-corrected chi connectivity index (χ2v) is 4.91. The molecule has 1 aromatic rings. The minimum atomic E-state index is -0.141. The fraction of sp³-hybridized carbons (Fsp3) is 0.429. The number of hydrogen-bond donors (Lipinski definition) is 1. The number of halogens is 2. The summed E-state index contributed by atoms with van der Waals surface area (Å²) in [6.07, 6.45) is 4.82. The smallest absolute Gasteiger partial charge is 0.128 e. The maximum atomic E-state index is 13.8. The Kier molecular flexibility index (Phi) is 6.45. The van der Waals surface area contributed by atoms with Gasteiger partial charge in [0, 0.05) is 16.1 Å². The van der Waals surface area contributed by atoms with Crippen LogP contribution in [0, 0.1) is 5.82 Å². The van der Waals surface area contributed by atoms with Crippen molar-refractivity contribution >= 4 is 15.9 Å². The first-order valence-corrected chi connectivity index (χ1v) is 6.77. The molecule has 0 aliphatic carbocycles. The highest BCUT2D eigenvalue weighted by molar-refractivity contribution is 9.10. The molecule has 1 nitrogen and oxygen atoms in total. The van der Waals surface area contributed by atoms with E-state index in [1.165, 1.54) is 6.07 Å². The van der Waals surface area contributed by atoms with Gasteiger partial charge in [-0.2, -0.15) is 0 Å². The van der Waals surface area contributed by atoms with Crippen molar-refractivity contribution in [3.05, 3.63) is 46.7 Å². The zero-order valence-electron chi connectivity index (χ0n) is 10.2. The Balaban J connectivity index is 2.80. The summed E-state index contributed by atoms with van der Waals surface area (Å²) >= 11 is 3.39. The fourth-order valence-corrected chi connectivity index (χ4v) is 2.24. The van der Waals surface area contributed by atoms with E-state index in [-0.39, 0.29) is 11.9 Å². The Morgan fingerprint density at radius 1 is 1.53 bits per heavy atom. The van der Waals surface area contributed by atoms with E-state index in [2.05, 4.69) is 27.8 Å². The van der Waals surface area contributed by atoms with Crippen LogP contribution in [-0.4, -0.2) is 6.54 Å². The number of rotatable bonds is 7. The van der Waals surface area contributed by atoms with Crippen molar-refractivity contribution in [2.45, 2.75) is 32.2 Å². The van der Waals surface area contributed by atoms with E-state index in [0.29, 0.717) is 0 Å². The molecule has 1 rings (SSSR count). The first-order chi connectivity index (χ1) is 8.19. The van der Waals surface area contributed by atoms with Crippen molar-refractivity contribution in [1.82, 2.24) is 5.32 Å². The van der Waals surface area contributed by atoms with E-state index in [4.69, 9.17) is 0 Å². The van der Waals surface area contributed by atoms with Crippen LogP contribution < -0.4 is 5.32 Å². The minimum Gasteiger partial charge on any atom is -0.310 e. The first kappa shape index (κ1) is 14.4. The third-order valence-corrected chi connectivity index (χ3v) is 3.18. The van der Waals surface area contributed by atoms with E-state index in [0.717, 1.165) is 35.8 Å². The largest absolute Gasteiger partial charge is 0.310 e. The normalized spacial score (nSPS) is 12.4. The van der Waals surface area contributed by atoms with Gasteiger partial charge in [0.05, 0.1) is 0 Å². The number of hydrogen-bond acceptors (Lipinski definition) is 1. The molecule has 0 bridgehead atoms. The fourth-order valence-electron chi connectivity index (χ4n) is 1.86. The Morgan fingerprint density at radius 2 is 2.29 bits per heavy atom. The molecule has 1 atom stereocenters. The van der Waals surface area contributed by atoms with Crippen LogP contribution in [0.2, 0.25) is 0 Å². The van der Waals surface area contributed by atoms with Crippen molar-refractivity contribution in [1.29, 1.82) is 0 Å². The maximum Gasteiger partial charge on any atom is 0.128 e. The molecule has 94 valence electrons. The lowest BCUT2D eigenvalue weighted by Gasteiger charge is -2.19. The molecule has 1 N–H and O–H groups in total. The molecular formula is C14H19BrFN. The van der Waals surface area contributed by atoms with Crippen LogP contribution in [-0.2, 0) is 0 Å². The summed E-state index contributed by atoms with van der Waals surface area (Å²) in [5.74, 6) is -0.141. The molecule has 0 aromatic heterocycles. The average Bonchev–Trinajstić information content (AvgIpc) is 2.32. The van der Waals surface area contributed by atoms with Gasteiger partial charge in [-0.3, -0.25) is 0 Å². The molecule has 0 saturated heterocycles. The molecule has 0 aliphatic heterocycles. The van der Waals surface area contributed by atoms with Gasteiger partial charge in [-0.15, -0.1) is 6.58 Å². The summed E-state index contributed by atoms with van der Waals surface area (Å²) in [4.78, 5) is 0. The lowest BCUT2D eigenvalue weighted by Crippen LogP contribution is -2.21. The minimum absolute atomic E-state index is 0.0810. The first-order valence-electron chi connectivity index (χ1n) is 5.98. The third kappa shape index (κ3) is 4.60. The summed E-state index contributed by atoms with van der Waals surface area (Å²) in [6.45, 7) is 6.58. The van der Waals surface area contributed by atoms with Crippen molar-refractivity contribution in [2.75, 3.05) is 6.54 Å². The van der Waals surface area contributed by atoms with Gasteiger partial charge in [-0.1, -0.05) is 28.9 Å². The third-order valence-electron chi connectivity index (χ3n) is 2.69. The second kappa shape index (κ2) is 7.62. The molecule has 3 heteroatoms. The highest BCUT2D eigenvalue weighted by Crippen LogP contribution is 2.25. The molecule has 0 amide bonds. The van der Waals surface area contributed by atoms with Crippen LogP contribution in [0.15, 0.2) is 35.3 Å². The Hall–Kier alpha value is -0.670. The Morgan fingerprint density at radius 3 is 2.94 bits per heavy atom. The number of allylic oxidation sites excluding steroid dienone is 1. The molecular weight excluding hydrogens is 281 g/mol. The van der Waals surface area contributed by atoms with Crippen LogP contribution in [0.5, 0.6) is 0 Å². The summed E-state index contributed by atoms with van der Waals surface area (Å²) < 4.78 is 14.7. The Bertz CT molecular complexity index is 365. The summed E-state index contributed by atoms with van der Waals surface area (Å²) in [5.41, 5.74) is 0.741. The summed E-state index contributed by atoms with van der Waals surface area (Å²) in [6, 6.07) is 5.18. The van der Waals surface area contributed by atoms with E-state index in [1.54, 1.807) is 6.07 Å². The van der Waals surface area contributed by atoms with Gasteiger partial charge in [0.2, 0.25) is 0 Å². The van der Waals surface area contributed by atoms with Crippen molar-refractivity contribution in [2.24, 2.45) is 0 Å². The van der Waals surface area contributed by atoms with Crippen LogP contribution in [0.3, 0.4) is 0 Å². The van der Waals surface area contributed by atoms with Gasteiger partial charge < -0.3 is 5.32 Å². The van der Waals surface area contributed by atoms with Crippen LogP contribution in [0.4, 0.5) is 4.39 Å². The van der Waals surface area contributed by atoms with Crippen LogP contribution >= 0.6 is 15.9 Å². The number of benzene rings is 1. The second-order valence-electron chi connectivity index (χ2n) is 4.00. The quantitative estimate of drug-likeness (QED) is 0.573. The topological polar surface area (TPSA) is 12.0 Å². The van der Waals surface area contributed by atoms with Gasteiger partial charge in [-0.25, -0.2) is 4.39 Å². The average molecular weight is 300 g/mol. The predicted octanol–water partition coefficient (Wildman–Crippen LogP) is 4.60. The SMILES string of the molecule is C=CCCCC(NCC)c1cc(Br)ccc1F. The van der Waals surface area contributed by atoms with E-state index >= 15 is 0 Å². The highest BCUT2D eigenvalue weighted by atomic mass is 79.9. The van der Waals surface area contributed by atoms with Gasteiger partial charge in [0.1, 0.15) is 5.82 Å². The standard InChI is InChI=1S/C14H19BrFN/c1-3-5-6-7-14(17-4-2)12-10-11(15)8-9-13(12)16/h3,8-10,14,17H,1,4-7H2,2H3. The van der Waals surface area contributed by atoms with Crippen LogP contribution in [0.25, 0.3) is 0 Å². The molecule has 0 fully saturated rings. The van der Waals surface area contributed by atoms with Crippen LogP contribution in [0.1, 0.15) is 37.8 Å². The number of nitrogens with one attached hydrogen (secondary N) is 1. The maximum absolute atomic E-state index is 13.8. The van der Waals surface area contributed by atoms with E-state index < -0.39 is 0 Å². The van der Waals surface area contributed by atoms with Gasteiger partial charge >= 0.3 is 0 Å². The van der Waals surface area contributed by atoms with E-state index in [1.807, 2.05) is 19.1 Å². The molecule has 0 saturated carbocycles. The lowest BCUT2D eigenvalue weighted by atomic mass is 10.0. The zero-order valence-corrected chi connectivity index (χ0v) is 11.8.